The molecular weight excluding hydrogens is 242 g/mol. The first-order valence-corrected chi connectivity index (χ1v) is 6.01. The van der Waals surface area contributed by atoms with E-state index in [4.69, 9.17) is 21.2 Å². The van der Waals surface area contributed by atoms with Crippen LogP contribution in [0.15, 0.2) is 18.2 Å². The van der Waals surface area contributed by atoms with Gasteiger partial charge in [0.1, 0.15) is 5.75 Å². The van der Waals surface area contributed by atoms with Crippen molar-refractivity contribution in [2.45, 2.75) is 18.9 Å². The Bertz CT molecular complexity index is 457. The second-order valence-corrected chi connectivity index (χ2v) is 4.63. The molecule has 1 aromatic carbocycles. The van der Waals surface area contributed by atoms with E-state index in [9.17, 15) is 4.79 Å². The fourth-order valence-electron chi connectivity index (χ4n) is 2.14. The van der Waals surface area contributed by atoms with E-state index in [0.29, 0.717) is 24.6 Å². The van der Waals surface area contributed by atoms with Crippen LogP contribution in [0.1, 0.15) is 12.0 Å². The minimum atomic E-state index is -0.471. The van der Waals surface area contributed by atoms with Gasteiger partial charge in [-0.2, -0.15) is 0 Å². The molecule has 1 amide bonds. The highest BCUT2D eigenvalue weighted by Crippen LogP contribution is 2.31. The third kappa shape index (κ3) is 1.98. The Balaban J connectivity index is 1.75. The molecule has 2 heterocycles. The molecule has 1 atom stereocenters. The van der Waals surface area contributed by atoms with E-state index in [1.54, 1.807) is 12.1 Å². The van der Waals surface area contributed by atoms with Gasteiger partial charge in [-0.3, -0.25) is 9.63 Å². The van der Waals surface area contributed by atoms with Crippen LogP contribution in [0.5, 0.6) is 5.75 Å². The van der Waals surface area contributed by atoms with Crippen LogP contribution in [0.25, 0.3) is 0 Å². The van der Waals surface area contributed by atoms with E-state index in [-0.39, 0.29) is 5.91 Å². The number of carbonyl (C=O) groups excluding carboxylic acids is 1. The summed E-state index contributed by atoms with van der Waals surface area (Å²) in [5, 5.41) is 2.07. The van der Waals surface area contributed by atoms with Crippen molar-refractivity contribution in [1.29, 1.82) is 0 Å². The van der Waals surface area contributed by atoms with Crippen LogP contribution in [0.2, 0.25) is 5.02 Å². The SMILES string of the molecule is O=C(C1Cc2cc(Cl)ccc2O1)N1CCCO1. The summed E-state index contributed by atoms with van der Waals surface area (Å²) in [6, 6.07) is 5.41. The molecule has 0 spiro atoms. The van der Waals surface area contributed by atoms with Crippen LogP contribution in [-0.4, -0.2) is 30.2 Å². The first-order chi connectivity index (χ1) is 8.24. The number of fused-ring (bicyclic) bond motifs is 1. The molecule has 2 aliphatic rings. The van der Waals surface area contributed by atoms with Gasteiger partial charge in [-0.15, -0.1) is 0 Å². The quantitative estimate of drug-likeness (QED) is 0.766. The summed E-state index contributed by atoms with van der Waals surface area (Å²) in [5.41, 5.74) is 0.982. The highest BCUT2D eigenvalue weighted by atomic mass is 35.5. The molecule has 1 aromatic rings. The number of nitrogens with zero attached hydrogens (tertiary/aromatic N) is 1. The molecule has 0 N–H and O–H groups in total. The summed E-state index contributed by atoms with van der Waals surface area (Å²) in [6.07, 6.45) is 0.979. The largest absolute Gasteiger partial charge is 0.480 e. The van der Waals surface area contributed by atoms with Crippen molar-refractivity contribution in [2.75, 3.05) is 13.2 Å². The minimum absolute atomic E-state index is 0.102. The fraction of sp³-hybridized carbons (Fsp3) is 0.417. The monoisotopic (exact) mass is 253 g/mol. The highest BCUT2D eigenvalue weighted by Gasteiger charge is 2.34. The van der Waals surface area contributed by atoms with Gasteiger partial charge in [0, 0.05) is 11.4 Å². The first-order valence-electron chi connectivity index (χ1n) is 5.63. The zero-order valence-corrected chi connectivity index (χ0v) is 9.94. The third-order valence-corrected chi connectivity index (χ3v) is 3.21. The second-order valence-electron chi connectivity index (χ2n) is 4.19. The summed E-state index contributed by atoms with van der Waals surface area (Å²) in [5.74, 6) is 0.641. The summed E-state index contributed by atoms with van der Waals surface area (Å²) >= 11 is 5.90. The molecular formula is C12H12ClNO3. The maximum atomic E-state index is 12.0. The van der Waals surface area contributed by atoms with E-state index in [1.165, 1.54) is 5.06 Å². The van der Waals surface area contributed by atoms with Crippen molar-refractivity contribution in [3.05, 3.63) is 28.8 Å². The van der Waals surface area contributed by atoms with Crippen LogP contribution < -0.4 is 4.74 Å². The topological polar surface area (TPSA) is 38.8 Å². The van der Waals surface area contributed by atoms with E-state index in [0.717, 1.165) is 17.7 Å². The number of rotatable bonds is 1. The standard InChI is InChI=1S/C12H12ClNO3/c13-9-2-3-10-8(6-9)7-11(17-10)12(15)14-4-1-5-16-14/h2-3,6,11H,1,4-5,7H2. The number of hydrogen-bond acceptors (Lipinski definition) is 3. The lowest BCUT2D eigenvalue weighted by atomic mass is 10.1. The van der Waals surface area contributed by atoms with Gasteiger partial charge in [-0.25, -0.2) is 5.06 Å². The Kier molecular flexibility index (Phi) is 2.68. The van der Waals surface area contributed by atoms with Crippen LogP contribution in [0.3, 0.4) is 0 Å². The van der Waals surface area contributed by atoms with Gasteiger partial charge in [0.25, 0.3) is 5.91 Å². The Morgan fingerprint density at radius 1 is 1.47 bits per heavy atom. The second kappa shape index (κ2) is 4.20. The van der Waals surface area contributed by atoms with E-state index < -0.39 is 6.10 Å². The summed E-state index contributed by atoms with van der Waals surface area (Å²) < 4.78 is 5.61. The molecule has 0 aliphatic carbocycles. The third-order valence-electron chi connectivity index (χ3n) is 2.97. The van der Waals surface area contributed by atoms with Crippen LogP contribution in [-0.2, 0) is 16.1 Å². The van der Waals surface area contributed by atoms with Crippen molar-refractivity contribution < 1.29 is 14.4 Å². The average Bonchev–Trinajstić information content (AvgIpc) is 2.96. The normalized spacial score (nSPS) is 22.4. The van der Waals surface area contributed by atoms with E-state index in [2.05, 4.69) is 0 Å². The maximum Gasteiger partial charge on any atom is 0.287 e. The molecule has 3 rings (SSSR count). The molecule has 17 heavy (non-hydrogen) atoms. The number of carbonyl (C=O) groups is 1. The van der Waals surface area contributed by atoms with Gasteiger partial charge in [0.2, 0.25) is 0 Å². The van der Waals surface area contributed by atoms with Gasteiger partial charge in [-0.05, 0) is 30.2 Å². The molecule has 0 bridgehead atoms. The van der Waals surface area contributed by atoms with Crippen molar-refractivity contribution in [2.24, 2.45) is 0 Å². The Labute approximate surface area is 104 Å². The van der Waals surface area contributed by atoms with Gasteiger partial charge in [-0.1, -0.05) is 11.6 Å². The van der Waals surface area contributed by atoms with Gasteiger partial charge in [0.15, 0.2) is 6.10 Å². The Hall–Kier alpha value is -1.26. The lowest BCUT2D eigenvalue weighted by molar-refractivity contribution is -0.175. The molecule has 2 aliphatic heterocycles. The van der Waals surface area contributed by atoms with Crippen LogP contribution in [0, 0.1) is 0 Å². The number of benzene rings is 1. The summed E-state index contributed by atoms with van der Waals surface area (Å²) in [4.78, 5) is 17.3. The fourth-order valence-corrected chi connectivity index (χ4v) is 2.33. The molecule has 0 radical (unpaired) electrons. The molecule has 1 unspecified atom stereocenters. The molecule has 90 valence electrons. The summed E-state index contributed by atoms with van der Waals surface area (Å²) in [7, 11) is 0. The predicted octanol–water partition coefficient (Wildman–Crippen LogP) is 1.81. The van der Waals surface area contributed by atoms with Crippen LogP contribution in [0.4, 0.5) is 0 Å². The molecule has 1 saturated heterocycles. The van der Waals surface area contributed by atoms with Crippen molar-refractivity contribution >= 4 is 17.5 Å². The molecule has 5 heteroatoms. The zero-order valence-electron chi connectivity index (χ0n) is 9.19. The van der Waals surface area contributed by atoms with Crippen LogP contribution >= 0.6 is 11.6 Å². The average molecular weight is 254 g/mol. The number of hydrogen-bond donors (Lipinski definition) is 0. The van der Waals surface area contributed by atoms with Crippen molar-refractivity contribution in [3.63, 3.8) is 0 Å². The molecule has 0 saturated carbocycles. The molecule has 0 aromatic heterocycles. The van der Waals surface area contributed by atoms with Gasteiger partial charge >= 0.3 is 0 Å². The first kappa shape index (κ1) is 10.9. The van der Waals surface area contributed by atoms with Gasteiger partial charge < -0.3 is 4.74 Å². The lowest BCUT2D eigenvalue weighted by Crippen LogP contribution is -2.38. The van der Waals surface area contributed by atoms with Gasteiger partial charge in [0.05, 0.1) is 13.2 Å². The van der Waals surface area contributed by atoms with E-state index >= 15 is 0 Å². The number of amides is 1. The van der Waals surface area contributed by atoms with Crippen molar-refractivity contribution in [1.82, 2.24) is 5.06 Å². The zero-order chi connectivity index (χ0) is 11.8. The molecule has 1 fully saturated rings. The van der Waals surface area contributed by atoms with E-state index in [1.807, 2.05) is 6.07 Å². The highest BCUT2D eigenvalue weighted by molar-refractivity contribution is 6.30. The maximum absolute atomic E-state index is 12.0. The minimum Gasteiger partial charge on any atom is -0.480 e. The number of halogens is 1. The Morgan fingerprint density at radius 2 is 2.35 bits per heavy atom. The Morgan fingerprint density at radius 3 is 3.12 bits per heavy atom. The smallest absolute Gasteiger partial charge is 0.287 e. The predicted molar refractivity (Wildman–Crippen MR) is 61.9 cm³/mol. The lowest BCUT2D eigenvalue weighted by Gasteiger charge is -2.17. The number of hydroxylamine groups is 2. The number of ether oxygens (including phenoxy) is 1. The molecule has 4 nitrogen and oxygen atoms in total. The van der Waals surface area contributed by atoms with Crippen molar-refractivity contribution in [3.8, 4) is 5.75 Å². The summed E-state index contributed by atoms with van der Waals surface area (Å²) in [6.45, 7) is 1.26.